The van der Waals surface area contributed by atoms with Crippen molar-refractivity contribution in [1.29, 1.82) is 0 Å². The van der Waals surface area contributed by atoms with Gasteiger partial charge >= 0.3 is 6.18 Å². The van der Waals surface area contributed by atoms with Crippen molar-refractivity contribution in [2.75, 3.05) is 4.90 Å². The Kier molecular flexibility index (Phi) is 6.13. The van der Waals surface area contributed by atoms with Gasteiger partial charge in [0.25, 0.3) is 5.91 Å². The van der Waals surface area contributed by atoms with Crippen LogP contribution in [0.15, 0.2) is 54.6 Å². The van der Waals surface area contributed by atoms with Crippen LogP contribution in [0.3, 0.4) is 0 Å². The van der Waals surface area contributed by atoms with E-state index in [1.807, 2.05) is 13.8 Å². The van der Waals surface area contributed by atoms with Crippen molar-refractivity contribution in [2.45, 2.75) is 52.0 Å². The number of benzene rings is 2. The predicted octanol–water partition coefficient (Wildman–Crippen LogP) is 5.70. The van der Waals surface area contributed by atoms with Crippen LogP contribution in [0.5, 0.6) is 0 Å². The number of rotatable bonds is 7. The van der Waals surface area contributed by atoms with Crippen molar-refractivity contribution >= 4 is 11.6 Å². The van der Waals surface area contributed by atoms with Gasteiger partial charge in [0.2, 0.25) is 0 Å². The first kappa shape index (κ1) is 21.1. The molecule has 0 bridgehead atoms. The first-order valence-electron chi connectivity index (χ1n) is 9.64. The summed E-state index contributed by atoms with van der Waals surface area (Å²) in [6.07, 6.45) is -2.80. The molecule has 3 rings (SSSR count). The second-order valence-corrected chi connectivity index (χ2v) is 7.67. The van der Waals surface area contributed by atoms with E-state index in [0.717, 1.165) is 18.4 Å². The van der Waals surface area contributed by atoms with Gasteiger partial charge in [0.1, 0.15) is 0 Å². The lowest BCUT2D eigenvalue weighted by Crippen LogP contribution is -2.26. The molecule has 0 radical (unpaired) electrons. The van der Waals surface area contributed by atoms with Crippen molar-refractivity contribution in [3.63, 3.8) is 0 Å². The maximum absolute atomic E-state index is 13.7. The highest BCUT2D eigenvalue weighted by molar-refractivity contribution is 6.10. The first-order valence-corrected chi connectivity index (χ1v) is 9.64. The highest BCUT2D eigenvalue weighted by atomic mass is 19.4. The van der Waals surface area contributed by atoms with Gasteiger partial charge in [-0.1, -0.05) is 23.8 Å². The SMILES string of the molecule is C=C(C)CCC(C)NCc1cc2c(c(C(F)(F)F)c1)CN(c1ccccc1)C2=O. The quantitative estimate of drug-likeness (QED) is 0.603. The first-order chi connectivity index (χ1) is 13.7. The lowest BCUT2D eigenvalue weighted by Gasteiger charge is -2.17. The minimum absolute atomic E-state index is 0.0467. The molecule has 1 aliphatic rings. The number of carbonyl (C=O) groups excluding carboxylic acids is 1. The van der Waals surface area contributed by atoms with Crippen molar-refractivity contribution < 1.29 is 18.0 Å². The summed E-state index contributed by atoms with van der Waals surface area (Å²) in [6, 6.07) is 11.7. The van der Waals surface area contributed by atoms with E-state index in [0.29, 0.717) is 11.3 Å². The number of alkyl halides is 3. The molecule has 154 valence electrons. The Morgan fingerprint density at radius 3 is 2.55 bits per heavy atom. The van der Waals surface area contributed by atoms with E-state index >= 15 is 0 Å². The molecule has 3 nitrogen and oxygen atoms in total. The number of carbonyl (C=O) groups is 1. The number of amides is 1. The summed E-state index contributed by atoms with van der Waals surface area (Å²) in [5, 5.41) is 3.25. The number of anilines is 1. The molecule has 29 heavy (non-hydrogen) atoms. The Labute approximate surface area is 169 Å². The van der Waals surface area contributed by atoms with Crippen molar-refractivity contribution in [1.82, 2.24) is 5.32 Å². The highest BCUT2D eigenvalue weighted by Gasteiger charge is 2.40. The Morgan fingerprint density at radius 2 is 1.93 bits per heavy atom. The molecule has 1 aliphatic heterocycles. The minimum Gasteiger partial charge on any atom is -0.310 e. The predicted molar refractivity (Wildman–Crippen MR) is 109 cm³/mol. The van der Waals surface area contributed by atoms with Crippen LogP contribution in [0.1, 0.15) is 53.7 Å². The largest absolute Gasteiger partial charge is 0.416 e. The fourth-order valence-corrected chi connectivity index (χ4v) is 3.50. The fourth-order valence-electron chi connectivity index (χ4n) is 3.50. The van der Waals surface area contributed by atoms with E-state index in [4.69, 9.17) is 0 Å². The third-order valence-corrected chi connectivity index (χ3v) is 5.13. The lowest BCUT2D eigenvalue weighted by atomic mass is 9.98. The van der Waals surface area contributed by atoms with Gasteiger partial charge in [-0.15, -0.1) is 6.58 Å². The topological polar surface area (TPSA) is 32.3 Å². The van der Waals surface area contributed by atoms with E-state index in [-0.39, 0.29) is 30.3 Å². The maximum atomic E-state index is 13.7. The molecule has 1 heterocycles. The van der Waals surface area contributed by atoms with Gasteiger partial charge < -0.3 is 10.2 Å². The van der Waals surface area contributed by atoms with Crippen LogP contribution in [0.2, 0.25) is 0 Å². The number of fused-ring (bicyclic) bond motifs is 1. The van der Waals surface area contributed by atoms with Crippen LogP contribution in [0.25, 0.3) is 0 Å². The van der Waals surface area contributed by atoms with E-state index in [2.05, 4.69) is 11.9 Å². The Hall–Kier alpha value is -2.60. The molecule has 0 saturated heterocycles. The van der Waals surface area contributed by atoms with Gasteiger partial charge in [0.05, 0.1) is 12.1 Å². The van der Waals surface area contributed by atoms with Crippen LogP contribution in [-0.4, -0.2) is 11.9 Å². The summed E-state index contributed by atoms with van der Waals surface area (Å²) in [7, 11) is 0. The number of nitrogens with one attached hydrogen (secondary N) is 1. The van der Waals surface area contributed by atoms with Gasteiger partial charge in [0, 0.05) is 23.8 Å². The fraction of sp³-hybridized carbons (Fsp3) is 0.348. The van der Waals surface area contributed by atoms with Crippen LogP contribution < -0.4 is 10.2 Å². The van der Waals surface area contributed by atoms with Crippen LogP contribution in [-0.2, 0) is 19.3 Å². The van der Waals surface area contributed by atoms with Crippen LogP contribution in [0, 0.1) is 0 Å². The van der Waals surface area contributed by atoms with Gasteiger partial charge in [0.15, 0.2) is 0 Å². The summed E-state index contributed by atoms with van der Waals surface area (Å²) in [4.78, 5) is 14.3. The minimum atomic E-state index is -4.52. The van der Waals surface area contributed by atoms with Crippen molar-refractivity contribution in [3.8, 4) is 0 Å². The van der Waals surface area contributed by atoms with Gasteiger partial charge in [-0.25, -0.2) is 0 Å². The van der Waals surface area contributed by atoms with Gasteiger partial charge in [-0.05, 0) is 62.1 Å². The summed E-state index contributed by atoms with van der Waals surface area (Å²) in [6.45, 7) is 8.01. The molecule has 0 fully saturated rings. The van der Waals surface area contributed by atoms with E-state index in [9.17, 15) is 18.0 Å². The molecule has 0 spiro atoms. The average Bonchev–Trinajstić information content (AvgIpc) is 3.00. The number of hydrogen-bond donors (Lipinski definition) is 1. The van der Waals surface area contributed by atoms with E-state index in [1.54, 1.807) is 36.4 Å². The molecular formula is C23H25F3N2O. The molecule has 1 unspecified atom stereocenters. The molecule has 0 aromatic heterocycles. The molecule has 2 aromatic rings. The number of para-hydroxylation sites is 1. The van der Waals surface area contributed by atoms with Gasteiger partial charge in [-0.3, -0.25) is 4.79 Å². The summed E-state index contributed by atoms with van der Waals surface area (Å²) in [5.41, 5.74) is 1.58. The molecule has 6 heteroatoms. The zero-order chi connectivity index (χ0) is 21.2. The van der Waals surface area contributed by atoms with E-state index in [1.165, 1.54) is 11.0 Å². The second kappa shape index (κ2) is 8.41. The third-order valence-electron chi connectivity index (χ3n) is 5.13. The molecular weight excluding hydrogens is 377 g/mol. The molecule has 0 aliphatic carbocycles. The number of nitrogens with zero attached hydrogens (tertiary/aromatic N) is 1. The normalized spacial score (nSPS) is 14.8. The summed E-state index contributed by atoms with van der Waals surface area (Å²) >= 11 is 0. The van der Waals surface area contributed by atoms with Gasteiger partial charge in [-0.2, -0.15) is 13.2 Å². The number of hydrogen-bond acceptors (Lipinski definition) is 2. The third kappa shape index (κ3) is 4.88. The lowest BCUT2D eigenvalue weighted by molar-refractivity contribution is -0.138. The Balaban J connectivity index is 1.87. The molecule has 2 aromatic carbocycles. The second-order valence-electron chi connectivity index (χ2n) is 7.67. The van der Waals surface area contributed by atoms with Crippen molar-refractivity contribution in [2.24, 2.45) is 0 Å². The molecule has 1 N–H and O–H groups in total. The zero-order valence-corrected chi connectivity index (χ0v) is 16.6. The van der Waals surface area contributed by atoms with Crippen LogP contribution >= 0.6 is 0 Å². The summed E-state index contributed by atoms with van der Waals surface area (Å²) in [5.74, 6) is -0.395. The summed E-state index contributed by atoms with van der Waals surface area (Å²) < 4.78 is 41.2. The highest BCUT2D eigenvalue weighted by Crippen LogP contribution is 2.39. The standard InChI is InChI=1S/C23H25F3N2O/c1-15(2)9-10-16(3)27-13-17-11-19-20(21(12-17)23(24,25)26)14-28(22(19)29)18-7-5-4-6-8-18/h4-8,11-12,16,27H,1,9-10,13-14H2,2-3H3. The zero-order valence-electron chi connectivity index (χ0n) is 16.6. The van der Waals surface area contributed by atoms with Crippen molar-refractivity contribution in [3.05, 3.63) is 76.9 Å². The van der Waals surface area contributed by atoms with Crippen LogP contribution in [0.4, 0.5) is 18.9 Å². The average molecular weight is 402 g/mol. The smallest absolute Gasteiger partial charge is 0.310 e. The molecule has 0 saturated carbocycles. The monoisotopic (exact) mass is 402 g/mol. The Morgan fingerprint density at radius 1 is 1.24 bits per heavy atom. The number of halogens is 3. The molecule has 1 atom stereocenters. The van der Waals surface area contributed by atoms with E-state index < -0.39 is 17.6 Å². The Bertz CT molecular complexity index is 906. The maximum Gasteiger partial charge on any atom is 0.416 e. The number of allylic oxidation sites excluding steroid dienone is 1. The molecule has 1 amide bonds.